The van der Waals surface area contributed by atoms with Gasteiger partial charge in [-0.3, -0.25) is 24.0 Å². The molecule has 11 N–H and O–H groups in total. The molecule has 14 unspecified atom stereocenters. The lowest BCUT2D eigenvalue weighted by Gasteiger charge is -2.41. The normalized spacial score (nSPS) is 42.3. The number of esters is 1. The Morgan fingerprint density at radius 1 is 0.595 bits per heavy atom. The summed E-state index contributed by atoms with van der Waals surface area (Å²) in [6.45, 7) is 10.00. The Labute approximate surface area is 433 Å². The van der Waals surface area contributed by atoms with E-state index in [1.807, 2.05) is 13.0 Å². The van der Waals surface area contributed by atoms with Crippen molar-refractivity contribution in [1.29, 1.82) is 0 Å². The predicted molar refractivity (Wildman–Crippen MR) is 269 cm³/mol. The molecule has 0 amide bonds. The summed E-state index contributed by atoms with van der Waals surface area (Å²) < 4.78 is 29.4. The maximum atomic E-state index is 13.1. The topological polar surface area (TPSA) is 340 Å². The van der Waals surface area contributed by atoms with Crippen LogP contribution in [0.2, 0.25) is 0 Å². The molecule has 2 saturated heterocycles. The zero-order valence-corrected chi connectivity index (χ0v) is 43.2. The first-order valence-electron chi connectivity index (χ1n) is 25.4. The lowest BCUT2D eigenvalue weighted by Crippen LogP contribution is -2.61. The smallest absolute Gasteiger partial charge is 0.311 e. The van der Waals surface area contributed by atoms with Gasteiger partial charge in [0.15, 0.2) is 18.4 Å². The van der Waals surface area contributed by atoms with Gasteiger partial charge in [0.2, 0.25) is 0 Å². The van der Waals surface area contributed by atoms with Crippen LogP contribution in [-0.2, 0) is 47.7 Å². The van der Waals surface area contributed by atoms with E-state index in [4.69, 9.17) is 29.4 Å². The number of Topliss-reactive ketones (excluding diaryl/α,β-unsaturated/α-hetero) is 3. The Morgan fingerprint density at radius 2 is 1.15 bits per heavy atom. The summed E-state index contributed by atoms with van der Waals surface area (Å²) in [4.78, 5) is 63.8. The van der Waals surface area contributed by atoms with Crippen LogP contribution < -0.4 is 5.73 Å². The van der Waals surface area contributed by atoms with Gasteiger partial charge in [-0.2, -0.15) is 0 Å². The van der Waals surface area contributed by atoms with Gasteiger partial charge in [0.1, 0.15) is 35.8 Å². The first kappa shape index (κ1) is 63.9. The number of aliphatic carboxylic acids is 1. The minimum Gasteiger partial charge on any atom is -0.481 e. The van der Waals surface area contributed by atoms with E-state index in [0.29, 0.717) is 0 Å². The second kappa shape index (κ2) is 32.3. The van der Waals surface area contributed by atoms with Crippen molar-refractivity contribution in [2.45, 2.75) is 197 Å². The number of hydrogen-bond donors (Lipinski definition) is 10. The van der Waals surface area contributed by atoms with Crippen LogP contribution >= 0.6 is 0 Å². The molecule has 20 heteroatoms. The van der Waals surface area contributed by atoms with Crippen LogP contribution in [0.4, 0.5) is 0 Å². The van der Waals surface area contributed by atoms with E-state index < -0.39 is 171 Å². The van der Waals surface area contributed by atoms with Crippen LogP contribution in [-0.4, -0.2) is 173 Å². The van der Waals surface area contributed by atoms with Crippen molar-refractivity contribution in [1.82, 2.24) is 0 Å². The van der Waals surface area contributed by atoms with E-state index in [9.17, 15) is 69.9 Å². The molecule has 416 valence electrons. The van der Waals surface area contributed by atoms with Gasteiger partial charge < -0.3 is 75.4 Å². The number of carboxylic acid groups (broad SMARTS) is 1. The summed E-state index contributed by atoms with van der Waals surface area (Å²) in [7, 11) is 0. The van der Waals surface area contributed by atoms with Gasteiger partial charge in [-0.15, -0.1) is 0 Å². The van der Waals surface area contributed by atoms with Crippen molar-refractivity contribution < 1.29 is 93.6 Å². The van der Waals surface area contributed by atoms with Crippen molar-refractivity contribution in [3.63, 3.8) is 0 Å². The molecular formula is C54H81NO19. The molecule has 0 spiro atoms. The number of aliphatic hydroxyl groups is 8. The lowest BCUT2D eigenvalue weighted by molar-refractivity contribution is -0.277. The average Bonchev–Trinajstić information content (AvgIpc) is 3.31. The molecule has 3 heterocycles. The first-order valence-corrected chi connectivity index (χ1v) is 25.4. The van der Waals surface area contributed by atoms with E-state index in [2.05, 4.69) is 0 Å². The monoisotopic (exact) mass is 1050 g/mol. The summed E-state index contributed by atoms with van der Waals surface area (Å²) in [6, 6.07) is -1.16. The van der Waals surface area contributed by atoms with Crippen molar-refractivity contribution in [2.24, 2.45) is 29.4 Å². The van der Waals surface area contributed by atoms with Crippen LogP contribution in [0.5, 0.6) is 0 Å². The van der Waals surface area contributed by atoms with E-state index in [-0.39, 0.29) is 38.0 Å². The minimum atomic E-state index is -1.91. The third-order valence-corrected chi connectivity index (χ3v) is 13.5. The second-order valence-electron chi connectivity index (χ2n) is 19.8. The quantitative estimate of drug-likeness (QED) is 0.176. The average molecular weight is 1050 g/mol. The molecule has 0 aromatic heterocycles. The van der Waals surface area contributed by atoms with Gasteiger partial charge in [-0.1, -0.05) is 106 Å². The van der Waals surface area contributed by atoms with Gasteiger partial charge in [0.05, 0.1) is 79.9 Å². The number of ketones is 3. The third kappa shape index (κ3) is 21.7. The number of carboxylic acids is 1. The van der Waals surface area contributed by atoms with Crippen LogP contribution in [0.25, 0.3) is 0 Å². The van der Waals surface area contributed by atoms with Gasteiger partial charge >= 0.3 is 11.9 Å². The lowest BCUT2D eigenvalue weighted by atomic mass is 9.87. The van der Waals surface area contributed by atoms with Crippen LogP contribution in [0.15, 0.2) is 85.1 Å². The molecule has 20 nitrogen and oxygen atoms in total. The number of cyclic esters (lactones) is 1. The number of aliphatic hydroxyl groups excluding tert-OH is 8. The number of carbonyl (C=O) groups excluding carboxylic acids is 4. The molecular weight excluding hydrogens is 967 g/mol. The van der Waals surface area contributed by atoms with Gasteiger partial charge in [-0.25, -0.2) is 0 Å². The molecule has 3 aliphatic heterocycles. The molecule has 0 aromatic carbocycles. The molecule has 0 aromatic rings. The standard InChI is InChI=1S/C54H81NO19/c1-30-21-22-36(56)23-37(57)24-38(58)27-45(64)70-33(4)32(3)52(74-46-29-44(63)49(65)34(5)71-46)31(2)19-17-15-13-11-9-7-8-10-12-14-16-18-20-40(73-54-51(67)48(55)50(66)35(6)72-54)28-43(62)47(53(68)69)42(61)26-39(59)25-41(30)60/h7-20,30-35,37-38,40-43,46-52,54,57-58,60-62,65-67H,21-29,55H2,1-6H3,(H,68,69)/b8-7+,11-9+,12-10+,15-13+,16-14+,19-17+,20-18+/t30?,31?,32?,33?,34-,35-,37?,38?,40?,41?,42?,43?,46?,47?,48-,49-,50+,51-,52?,54?/m0/s1. The van der Waals surface area contributed by atoms with Crippen LogP contribution in [0.1, 0.15) is 99.3 Å². The first-order chi connectivity index (χ1) is 34.9. The number of carbonyl (C=O) groups is 5. The highest BCUT2D eigenvalue weighted by atomic mass is 16.7. The molecule has 74 heavy (non-hydrogen) atoms. The minimum absolute atomic E-state index is 0.0841. The summed E-state index contributed by atoms with van der Waals surface area (Å²) >= 11 is 0. The molecule has 2 fully saturated rings. The summed E-state index contributed by atoms with van der Waals surface area (Å²) in [5.74, 6) is -7.30. The van der Waals surface area contributed by atoms with E-state index in [0.717, 1.165) is 0 Å². The largest absolute Gasteiger partial charge is 0.481 e. The van der Waals surface area contributed by atoms with Crippen molar-refractivity contribution >= 4 is 29.3 Å². The second-order valence-corrected chi connectivity index (χ2v) is 19.8. The highest BCUT2D eigenvalue weighted by Gasteiger charge is 2.44. The van der Waals surface area contributed by atoms with Crippen LogP contribution in [0, 0.1) is 23.7 Å². The Bertz CT molecular complexity index is 2000. The molecule has 0 bridgehead atoms. The Morgan fingerprint density at radius 3 is 1.73 bits per heavy atom. The highest BCUT2D eigenvalue weighted by molar-refractivity contribution is 5.84. The molecule has 3 rings (SSSR count). The zero-order valence-electron chi connectivity index (χ0n) is 43.2. The fourth-order valence-electron chi connectivity index (χ4n) is 8.70. The number of hydrogen-bond acceptors (Lipinski definition) is 19. The van der Waals surface area contributed by atoms with E-state index >= 15 is 0 Å². The molecule has 0 saturated carbocycles. The van der Waals surface area contributed by atoms with Gasteiger partial charge in [0, 0.05) is 50.4 Å². The summed E-state index contributed by atoms with van der Waals surface area (Å²) in [5, 5.41) is 95.6. The fraction of sp³-hybridized carbons (Fsp3) is 0.648. The maximum absolute atomic E-state index is 13.1. The third-order valence-electron chi connectivity index (χ3n) is 13.5. The van der Waals surface area contributed by atoms with Crippen molar-refractivity contribution in [2.75, 3.05) is 0 Å². The summed E-state index contributed by atoms with van der Waals surface area (Å²) in [6.07, 6.45) is 2.63. The van der Waals surface area contributed by atoms with Gasteiger partial charge in [0.25, 0.3) is 0 Å². The number of allylic oxidation sites excluding steroid dienone is 12. The molecule has 20 atom stereocenters. The molecule has 0 radical (unpaired) electrons. The zero-order chi connectivity index (χ0) is 55.2. The van der Waals surface area contributed by atoms with E-state index in [1.54, 1.807) is 94.5 Å². The molecule has 0 aliphatic carbocycles. The Balaban J connectivity index is 1.85. The fourth-order valence-corrected chi connectivity index (χ4v) is 8.70. The van der Waals surface area contributed by atoms with E-state index in [1.165, 1.54) is 19.1 Å². The van der Waals surface area contributed by atoms with Gasteiger partial charge in [-0.05, 0) is 33.1 Å². The maximum Gasteiger partial charge on any atom is 0.311 e. The summed E-state index contributed by atoms with van der Waals surface area (Å²) in [5.41, 5.74) is 5.99. The van der Waals surface area contributed by atoms with Crippen molar-refractivity contribution in [3.05, 3.63) is 85.1 Å². The van der Waals surface area contributed by atoms with Crippen molar-refractivity contribution in [3.8, 4) is 0 Å². The number of rotatable bonds is 5. The van der Waals surface area contributed by atoms with Crippen LogP contribution in [0.3, 0.4) is 0 Å². The predicted octanol–water partition coefficient (Wildman–Crippen LogP) is 2.13. The number of ether oxygens (including phenoxy) is 5. The number of nitrogens with two attached hydrogens (primary N) is 1. The highest BCUT2D eigenvalue weighted by Crippen LogP contribution is 2.30. The Kier molecular flexibility index (Phi) is 27.9. The Hall–Kier alpha value is -4.39. The SMILES string of the molecule is CC1/C=C/C=C/C=C/C=C/C=C/C=C/C=C/C(OC2O[C@@H](C)[C@@H](O)[C@H](N)[C@@H]2O)CC(O)C(C(=O)O)C(O)CC(=O)CC(O)C(C)CCC(=O)CC(O)CC(O)CC(=O)OC(C)C(C)C1OC1CC(=O)[C@@H](O)[C@H](C)O1. The molecule has 3 aliphatic rings.